The van der Waals surface area contributed by atoms with Crippen molar-refractivity contribution in [3.8, 4) is 0 Å². The Morgan fingerprint density at radius 1 is 1.38 bits per heavy atom. The van der Waals surface area contributed by atoms with E-state index in [4.69, 9.17) is 5.73 Å². The fourth-order valence-corrected chi connectivity index (χ4v) is 1.58. The van der Waals surface area contributed by atoms with E-state index in [0.717, 1.165) is 24.3 Å². The second-order valence-corrected chi connectivity index (χ2v) is 4.73. The molecule has 1 aromatic rings. The summed E-state index contributed by atoms with van der Waals surface area (Å²) in [5, 5.41) is 3.45. The van der Waals surface area contributed by atoms with Crippen molar-refractivity contribution in [3.63, 3.8) is 0 Å². The number of benzene rings is 1. The molecule has 0 bridgehead atoms. The Balaban J connectivity index is 2.55. The van der Waals surface area contributed by atoms with Crippen LogP contribution in [0.5, 0.6) is 0 Å². The van der Waals surface area contributed by atoms with Crippen LogP contribution in [0.15, 0.2) is 18.2 Å². The summed E-state index contributed by atoms with van der Waals surface area (Å²) in [4.78, 5) is 2.19. The zero-order valence-electron chi connectivity index (χ0n) is 10.7. The molecule has 3 nitrogen and oxygen atoms in total. The maximum absolute atomic E-state index is 5.92. The second kappa shape index (κ2) is 5.75. The molecule has 0 spiro atoms. The highest BCUT2D eigenvalue weighted by atomic mass is 15.1. The van der Waals surface area contributed by atoms with Crippen LogP contribution in [0.4, 0.5) is 11.4 Å². The van der Waals surface area contributed by atoms with Gasteiger partial charge in [-0.25, -0.2) is 0 Å². The fourth-order valence-electron chi connectivity index (χ4n) is 1.58. The molecular formula is C13H23N3. The number of hydrogen-bond acceptors (Lipinski definition) is 3. The quantitative estimate of drug-likeness (QED) is 0.750. The summed E-state index contributed by atoms with van der Waals surface area (Å²) < 4.78 is 0. The largest absolute Gasteiger partial charge is 0.397 e. The molecule has 16 heavy (non-hydrogen) atoms. The van der Waals surface area contributed by atoms with Gasteiger partial charge in [0.2, 0.25) is 0 Å². The van der Waals surface area contributed by atoms with Crippen LogP contribution in [0, 0.1) is 6.92 Å². The van der Waals surface area contributed by atoms with E-state index < -0.39 is 0 Å². The van der Waals surface area contributed by atoms with Crippen molar-refractivity contribution in [2.24, 2.45) is 0 Å². The van der Waals surface area contributed by atoms with Crippen molar-refractivity contribution in [3.05, 3.63) is 23.8 Å². The Bertz CT molecular complexity index is 334. The first-order chi connectivity index (χ1) is 7.49. The predicted octanol–water partition coefficient (Wildman–Crippen LogP) is 2.33. The number of rotatable bonds is 5. The monoisotopic (exact) mass is 221 g/mol. The van der Waals surface area contributed by atoms with Gasteiger partial charge >= 0.3 is 0 Å². The molecule has 0 heterocycles. The summed E-state index contributed by atoms with van der Waals surface area (Å²) in [7, 11) is 4.18. The van der Waals surface area contributed by atoms with Gasteiger partial charge < -0.3 is 16.0 Å². The lowest BCUT2D eigenvalue weighted by atomic mass is 10.1. The Hall–Kier alpha value is -1.22. The van der Waals surface area contributed by atoms with Gasteiger partial charge in [-0.2, -0.15) is 0 Å². The summed E-state index contributed by atoms with van der Waals surface area (Å²) in [6.07, 6.45) is 1.11. The Morgan fingerprint density at radius 2 is 2.06 bits per heavy atom. The number of nitrogens with zero attached hydrogens (tertiary/aromatic N) is 1. The molecule has 0 saturated carbocycles. The molecule has 0 aromatic heterocycles. The van der Waals surface area contributed by atoms with E-state index in [0.29, 0.717) is 6.04 Å². The molecule has 0 aliphatic carbocycles. The van der Waals surface area contributed by atoms with Gasteiger partial charge in [-0.15, -0.1) is 0 Å². The van der Waals surface area contributed by atoms with Crippen LogP contribution in [-0.2, 0) is 0 Å². The summed E-state index contributed by atoms with van der Waals surface area (Å²) >= 11 is 0. The third-order valence-electron chi connectivity index (χ3n) is 2.62. The number of nitrogen functional groups attached to an aromatic ring is 1. The first kappa shape index (κ1) is 12.8. The van der Waals surface area contributed by atoms with Gasteiger partial charge in [-0.3, -0.25) is 0 Å². The van der Waals surface area contributed by atoms with Crippen LogP contribution < -0.4 is 11.1 Å². The molecule has 0 radical (unpaired) electrons. The summed E-state index contributed by atoms with van der Waals surface area (Å²) in [5.74, 6) is 0. The lowest BCUT2D eigenvalue weighted by Gasteiger charge is -2.19. The van der Waals surface area contributed by atoms with Crippen molar-refractivity contribution >= 4 is 11.4 Å². The van der Waals surface area contributed by atoms with E-state index in [-0.39, 0.29) is 0 Å². The summed E-state index contributed by atoms with van der Waals surface area (Å²) in [6, 6.07) is 6.52. The van der Waals surface area contributed by atoms with E-state index in [9.17, 15) is 0 Å². The van der Waals surface area contributed by atoms with Crippen molar-refractivity contribution in [1.29, 1.82) is 0 Å². The molecule has 3 heteroatoms. The summed E-state index contributed by atoms with van der Waals surface area (Å²) in [6.45, 7) is 5.35. The van der Waals surface area contributed by atoms with Crippen molar-refractivity contribution in [2.45, 2.75) is 26.3 Å². The SMILES string of the molecule is Cc1ccc(N)c(NC(C)CCN(C)C)c1. The normalized spacial score (nSPS) is 12.8. The Kier molecular flexibility index (Phi) is 4.62. The van der Waals surface area contributed by atoms with Gasteiger partial charge in [0, 0.05) is 6.04 Å². The minimum Gasteiger partial charge on any atom is -0.397 e. The minimum absolute atomic E-state index is 0.437. The van der Waals surface area contributed by atoms with E-state index in [1.807, 2.05) is 12.1 Å². The number of aryl methyl sites for hydroxylation is 1. The highest BCUT2D eigenvalue weighted by Gasteiger charge is 2.05. The van der Waals surface area contributed by atoms with Crippen LogP contribution in [0.3, 0.4) is 0 Å². The van der Waals surface area contributed by atoms with E-state index in [1.54, 1.807) is 0 Å². The highest BCUT2D eigenvalue weighted by Crippen LogP contribution is 2.20. The molecule has 1 rings (SSSR count). The zero-order valence-corrected chi connectivity index (χ0v) is 10.7. The first-order valence-corrected chi connectivity index (χ1v) is 5.76. The van der Waals surface area contributed by atoms with Gasteiger partial charge in [-0.1, -0.05) is 6.07 Å². The molecule has 1 aromatic carbocycles. The number of nitrogens with one attached hydrogen (secondary N) is 1. The van der Waals surface area contributed by atoms with Gasteiger partial charge in [-0.05, 0) is 58.6 Å². The predicted molar refractivity (Wildman–Crippen MR) is 71.8 cm³/mol. The average molecular weight is 221 g/mol. The van der Waals surface area contributed by atoms with Crippen LogP contribution in [0.25, 0.3) is 0 Å². The van der Waals surface area contributed by atoms with Crippen LogP contribution >= 0.6 is 0 Å². The van der Waals surface area contributed by atoms with Crippen LogP contribution in [0.2, 0.25) is 0 Å². The molecule has 3 N–H and O–H groups in total. The standard InChI is InChI=1S/C13H23N3/c1-10-5-6-12(14)13(9-10)15-11(2)7-8-16(3)4/h5-6,9,11,15H,7-8,14H2,1-4H3. The van der Waals surface area contributed by atoms with Crippen molar-refractivity contribution in [1.82, 2.24) is 4.90 Å². The molecule has 0 aliphatic rings. The summed E-state index contributed by atoms with van der Waals surface area (Å²) in [5.41, 5.74) is 9.02. The Morgan fingerprint density at radius 3 is 2.69 bits per heavy atom. The highest BCUT2D eigenvalue weighted by molar-refractivity contribution is 5.67. The molecule has 0 fully saturated rings. The van der Waals surface area contributed by atoms with Gasteiger partial charge in [0.15, 0.2) is 0 Å². The van der Waals surface area contributed by atoms with E-state index >= 15 is 0 Å². The van der Waals surface area contributed by atoms with Crippen molar-refractivity contribution < 1.29 is 0 Å². The second-order valence-electron chi connectivity index (χ2n) is 4.73. The van der Waals surface area contributed by atoms with Gasteiger partial charge in [0.25, 0.3) is 0 Å². The van der Waals surface area contributed by atoms with Gasteiger partial charge in [0.05, 0.1) is 11.4 Å². The minimum atomic E-state index is 0.437. The first-order valence-electron chi connectivity index (χ1n) is 5.76. The lowest BCUT2D eigenvalue weighted by Crippen LogP contribution is -2.23. The molecule has 0 aliphatic heterocycles. The fraction of sp³-hybridized carbons (Fsp3) is 0.538. The van der Waals surface area contributed by atoms with Crippen LogP contribution in [0.1, 0.15) is 18.9 Å². The smallest absolute Gasteiger partial charge is 0.0578 e. The molecular weight excluding hydrogens is 198 g/mol. The number of anilines is 2. The third-order valence-corrected chi connectivity index (χ3v) is 2.62. The number of hydrogen-bond donors (Lipinski definition) is 2. The Labute approximate surface area is 98.6 Å². The topological polar surface area (TPSA) is 41.3 Å². The number of nitrogens with two attached hydrogens (primary N) is 1. The third kappa shape index (κ3) is 4.11. The average Bonchev–Trinajstić information content (AvgIpc) is 2.20. The maximum atomic E-state index is 5.92. The zero-order chi connectivity index (χ0) is 12.1. The van der Waals surface area contributed by atoms with E-state index in [1.165, 1.54) is 5.56 Å². The van der Waals surface area contributed by atoms with Gasteiger partial charge in [0.1, 0.15) is 0 Å². The molecule has 0 saturated heterocycles. The van der Waals surface area contributed by atoms with Crippen molar-refractivity contribution in [2.75, 3.05) is 31.7 Å². The lowest BCUT2D eigenvalue weighted by molar-refractivity contribution is 0.390. The van der Waals surface area contributed by atoms with E-state index in [2.05, 4.69) is 44.2 Å². The maximum Gasteiger partial charge on any atom is 0.0578 e. The molecule has 1 atom stereocenters. The van der Waals surface area contributed by atoms with Crippen LogP contribution in [-0.4, -0.2) is 31.6 Å². The molecule has 0 amide bonds. The molecule has 90 valence electrons. The molecule has 1 unspecified atom stereocenters.